The molecule has 20 heavy (non-hydrogen) atoms. The van der Waals surface area contributed by atoms with Crippen molar-refractivity contribution < 1.29 is 9.18 Å². The molecule has 0 radical (unpaired) electrons. The first-order valence-electron chi connectivity index (χ1n) is 6.89. The van der Waals surface area contributed by atoms with E-state index in [2.05, 4.69) is 10.2 Å². The Morgan fingerprint density at radius 1 is 1.50 bits per heavy atom. The number of amides is 1. The summed E-state index contributed by atoms with van der Waals surface area (Å²) in [5.41, 5.74) is 0.921. The van der Waals surface area contributed by atoms with Crippen molar-refractivity contribution in [3.8, 4) is 6.07 Å². The smallest absolute Gasteiger partial charge is 0.224 e. The van der Waals surface area contributed by atoms with Crippen molar-refractivity contribution in [1.29, 1.82) is 5.26 Å². The molecule has 2 aliphatic rings. The van der Waals surface area contributed by atoms with Crippen LogP contribution in [0.25, 0.3) is 0 Å². The molecule has 2 saturated heterocycles. The summed E-state index contributed by atoms with van der Waals surface area (Å²) in [6, 6.07) is 6.77. The summed E-state index contributed by atoms with van der Waals surface area (Å²) >= 11 is 0. The molecule has 0 aromatic heterocycles. The molecule has 1 aromatic carbocycles. The Labute approximate surface area is 117 Å². The second-order valence-corrected chi connectivity index (χ2v) is 5.46. The summed E-state index contributed by atoms with van der Waals surface area (Å²) in [4.78, 5) is 14.0. The van der Waals surface area contributed by atoms with Crippen molar-refractivity contribution in [2.75, 3.05) is 13.1 Å². The molecule has 2 heterocycles. The van der Waals surface area contributed by atoms with Gasteiger partial charge < -0.3 is 5.32 Å². The highest BCUT2D eigenvalue weighted by molar-refractivity contribution is 5.82. The fraction of sp³-hybridized carbons (Fsp3) is 0.467. The van der Waals surface area contributed by atoms with Gasteiger partial charge in [-0.15, -0.1) is 0 Å². The molecule has 5 heteroatoms. The molecular formula is C15H16FN3O. The number of nitrogens with one attached hydrogen (secondary N) is 1. The maximum Gasteiger partial charge on any atom is 0.224 e. The van der Waals surface area contributed by atoms with Crippen molar-refractivity contribution in [2.24, 2.45) is 5.92 Å². The van der Waals surface area contributed by atoms with Crippen LogP contribution in [0.3, 0.4) is 0 Å². The van der Waals surface area contributed by atoms with Gasteiger partial charge in [0.05, 0.1) is 11.5 Å². The molecule has 0 saturated carbocycles. The molecule has 0 bridgehead atoms. The summed E-state index contributed by atoms with van der Waals surface area (Å²) in [7, 11) is 0. The van der Waals surface area contributed by atoms with Gasteiger partial charge in [-0.25, -0.2) is 4.39 Å². The topological polar surface area (TPSA) is 56.1 Å². The summed E-state index contributed by atoms with van der Waals surface area (Å²) in [5, 5.41) is 11.6. The average Bonchev–Trinajstić information content (AvgIpc) is 2.82. The first kappa shape index (κ1) is 13.1. The number of carbonyl (C=O) groups excluding carboxylic acids is 1. The van der Waals surface area contributed by atoms with E-state index in [1.165, 1.54) is 12.1 Å². The van der Waals surface area contributed by atoms with Gasteiger partial charge in [0.2, 0.25) is 5.91 Å². The highest BCUT2D eigenvalue weighted by atomic mass is 19.1. The Balaban J connectivity index is 1.76. The van der Waals surface area contributed by atoms with Crippen molar-refractivity contribution in [3.63, 3.8) is 0 Å². The SMILES string of the molecule is N#Cc1ccc(CN2CCC[C@H]3C(=O)NC[C@H]32)cc1F. The highest BCUT2D eigenvalue weighted by Crippen LogP contribution is 2.28. The first-order chi connectivity index (χ1) is 9.69. The molecule has 104 valence electrons. The number of hydrogen-bond donors (Lipinski definition) is 1. The number of likely N-dealkylation sites (tertiary alicyclic amines) is 1. The lowest BCUT2D eigenvalue weighted by atomic mass is 9.91. The summed E-state index contributed by atoms with van der Waals surface area (Å²) in [6.07, 6.45) is 1.93. The van der Waals surface area contributed by atoms with Crippen molar-refractivity contribution in [1.82, 2.24) is 10.2 Å². The van der Waals surface area contributed by atoms with Gasteiger partial charge in [0.15, 0.2) is 0 Å². The third-order valence-corrected chi connectivity index (χ3v) is 4.26. The number of halogens is 1. The number of piperidine rings is 1. The summed E-state index contributed by atoms with van der Waals surface area (Å²) in [6.45, 7) is 2.23. The number of nitrogens with zero attached hydrogens (tertiary/aromatic N) is 2. The monoisotopic (exact) mass is 273 g/mol. The molecule has 1 aromatic rings. The van der Waals surface area contributed by atoms with Gasteiger partial charge in [-0.3, -0.25) is 9.69 Å². The molecule has 3 rings (SSSR count). The van der Waals surface area contributed by atoms with E-state index in [9.17, 15) is 9.18 Å². The zero-order valence-corrected chi connectivity index (χ0v) is 11.1. The van der Waals surface area contributed by atoms with Crippen LogP contribution in [0, 0.1) is 23.1 Å². The van der Waals surface area contributed by atoms with Crippen molar-refractivity contribution in [3.05, 3.63) is 35.1 Å². The van der Waals surface area contributed by atoms with Crippen LogP contribution in [0.15, 0.2) is 18.2 Å². The van der Waals surface area contributed by atoms with Crippen LogP contribution < -0.4 is 5.32 Å². The van der Waals surface area contributed by atoms with Crippen LogP contribution in [0.5, 0.6) is 0 Å². The predicted molar refractivity (Wildman–Crippen MR) is 71.0 cm³/mol. The van der Waals surface area contributed by atoms with Crippen LogP contribution in [-0.2, 0) is 11.3 Å². The van der Waals surface area contributed by atoms with Crippen molar-refractivity contribution >= 4 is 5.91 Å². The number of rotatable bonds is 2. The molecule has 1 amide bonds. The maximum atomic E-state index is 13.6. The molecule has 2 aliphatic heterocycles. The van der Waals surface area contributed by atoms with E-state index in [1.807, 2.05) is 6.07 Å². The molecule has 2 fully saturated rings. The van der Waals surface area contributed by atoms with E-state index < -0.39 is 5.82 Å². The Bertz CT molecular complexity index is 581. The Hall–Kier alpha value is -1.93. The van der Waals surface area contributed by atoms with Gasteiger partial charge in [0.1, 0.15) is 11.9 Å². The molecule has 0 spiro atoms. The number of carbonyl (C=O) groups is 1. The zero-order valence-electron chi connectivity index (χ0n) is 11.1. The van der Waals surface area contributed by atoms with Crippen molar-refractivity contribution in [2.45, 2.75) is 25.4 Å². The quantitative estimate of drug-likeness (QED) is 0.886. The lowest BCUT2D eigenvalue weighted by Crippen LogP contribution is -2.44. The van der Waals surface area contributed by atoms with E-state index in [0.29, 0.717) is 13.1 Å². The lowest BCUT2D eigenvalue weighted by molar-refractivity contribution is -0.124. The maximum absolute atomic E-state index is 13.6. The van der Waals surface area contributed by atoms with E-state index >= 15 is 0 Å². The van der Waals surface area contributed by atoms with Crippen LogP contribution in [-0.4, -0.2) is 29.9 Å². The molecule has 0 aliphatic carbocycles. The lowest BCUT2D eigenvalue weighted by Gasteiger charge is -2.35. The molecule has 0 unspecified atom stereocenters. The standard InChI is InChI=1S/C15H16FN3O/c16-13-6-10(3-4-11(13)7-17)9-19-5-1-2-12-14(19)8-18-15(12)20/h3-4,6,12,14H,1-2,5,8-9H2,(H,18,20)/t12-,14-/m1/s1. The van der Waals surface area contributed by atoms with Crippen LogP contribution in [0.1, 0.15) is 24.0 Å². The number of hydrogen-bond acceptors (Lipinski definition) is 3. The summed E-state index contributed by atoms with van der Waals surface area (Å²) < 4.78 is 13.6. The van der Waals surface area contributed by atoms with Gasteiger partial charge in [-0.1, -0.05) is 6.07 Å². The van der Waals surface area contributed by atoms with Gasteiger partial charge >= 0.3 is 0 Å². The van der Waals surface area contributed by atoms with Gasteiger partial charge in [0.25, 0.3) is 0 Å². The van der Waals surface area contributed by atoms with Gasteiger partial charge in [-0.2, -0.15) is 5.26 Å². The minimum absolute atomic E-state index is 0.0722. The van der Waals surface area contributed by atoms with E-state index in [4.69, 9.17) is 5.26 Å². The Morgan fingerprint density at radius 2 is 2.35 bits per heavy atom. The first-order valence-corrected chi connectivity index (χ1v) is 6.89. The minimum Gasteiger partial charge on any atom is -0.354 e. The van der Waals surface area contributed by atoms with E-state index in [1.54, 1.807) is 6.07 Å². The predicted octanol–water partition coefficient (Wildman–Crippen LogP) is 1.41. The second kappa shape index (κ2) is 5.22. The number of nitriles is 1. The van der Waals surface area contributed by atoms with Gasteiger partial charge in [0, 0.05) is 19.1 Å². The third-order valence-electron chi connectivity index (χ3n) is 4.26. The van der Waals surface area contributed by atoms with Gasteiger partial charge in [-0.05, 0) is 37.1 Å². The average molecular weight is 273 g/mol. The molecular weight excluding hydrogens is 257 g/mol. The van der Waals surface area contributed by atoms with E-state index in [0.717, 1.165) is 24.9 Å². The molecule has 1 N–H and O–H groups in total. The Kier molecular flexibility index (Phi) is 3.41. The van der Waals surface area contributed by atoms with Crippen LogP contribution >= 0.6 is 0 Å². The second-order valence-electron chi connectivity index (χ2n) is 5.46. The number of benzene rings is 1. The summed E-state index contributed by atoms with van der Waals surface area (Å²) in [5.74, 6) is -0.253. The molecule has 4 nitrogen and oxygen atoms in total. The number of fused-ring (bicyclic) bond motifs is 1. The zero-order chi connectivity index (χ0) is 14.1. The normalized spacial score (nSPS) is 25.9. The van der Waals surface area contributed by atoms with E-state index in [-0.39, 0.29) is 23.4 Å². The van der Waals surface area contributed by atoms with Crippen LogP contribution in [0.4, 0.5) is 4.39 Å². The highest BCUT2D eigenvalue weighted by Gasteiger charge is 2.40. The fourth-order valence-electron chi connectivity index (χ4n) is 3.22. The Morgan fingerprint density at radius 3 is 3.10 bits per heavy atom. The molecule has 2 atom stereocenters. The third kappa shape index (κ3) is 2.27. The largest absolute Gasteiger partial charge is 0.354 e. The fourth-order valence-corrected chi connectivity index (χ4v) is 3.22. The minimum atomic E-state index is -0.473. The van der Waals surface area contributed by atoms with Crippen LogP contribution in [0.2, 0.25) is 0 Å².